The fourth-order valence-electron chi connectivity index (χ4n) is 1.34. The van der Waals surface area contributed by atoms with Crippen LogP contribution in [0.15, 0.2) is 30.5 Å². The largest absolute Gasteiger partial charge is 0.278 e. The highest BCUT2D eigenvalue weighted by Gasteiger charge is 2.02. The van der Waals surface area contributed by atoms with Gasteiger partial charge in [0.15, 0.2) is 0 Å². The van der Waals surface area contributed by atoms with E-state index in [0.29, 0.717) is 0 Å². The molecule has 3 heteroatoms. The maximum atomic E-state index is 12.8. The summed E-state index contributed by atoms with van der Waals surface area (Å²) in [7, 11) is 0. The molecule has 0 radical (unpaired) electrons. The second kappa shape index (κ2) is 3.01. The lowest BCUT2D eigenvalue weighted by molar-refractivity contribution is 0.627. The molecule has 0 aliphatic heterocycles. The molecule has 2 nitrogen and oxygen atoms in total. The van der Waals surface area contributed by atoms with Crippen LogP contribution < -0.4 is 0 Å². The Bertz CT molecular complexity index is 407. The van der Waals surface area contributed by atoms with Gasteiger partial charge in [-0.3, -0.25) is 5.10 Å². The van der Waals surface area contributed by atoms with E-state index in [1.165, 1.54) is 12.1 Å². The van der Waals surface area contributed by atoms with Crippen molar-refractivity contribution in [2.75, 3.05) is 0 Å². The van der Waals surface area contributed by atoms with E-state index >= 15 is 0 Å². The number of H-pyrrole nitrogens is 1. The molecule has 0 atom stereocenters. The van der Waals surface area contributed by atoms with Gasteiger partial charge in [-0.2, -0.15) is 5.10 Å². The number of halogens is 1. The first kappa shape index (κ1) is 7.98. The van der Waals surface area contributed by atoms with Crippen molar-refractivity contribution in [3.63, 3.8) is 0 Å². The summed E-state index contributed by atoms with van der Waals surface area (Å²) in [6.07, 6.45) is 1.68. The van der Waals surface area contributed by atoms with Gasteiger partial charge in [0.2, 0.25) is 0 Å². The Hall–Kier alpha value is -1.64. The van der Waals surface area contributed by atoms with Crippen molar-refractivity contribution in [1.82, 2.24) is 10.2 Å². The Balaban J connectivity index is 2.53. The third-order valence-electron chi connectivity index (χ3n) is 1.98. The third-order valence-corrected chi connectivity index (χ3v) is 1.98. The fraction of sp³-hybridized carbons (Fsp3) is 0.100. The number of aryl methyl sites for hydroxylation is 1. The standard InChI is InChI=1S/C10H9FN2/c1-7-6-8(11)2-3-9(7)10-4-5-12-13-10/h2-6H,1H3,(H,12,13). The summed E-state index contributed by atoms with van der Waals surface area (Å²) < 4.78 is 12.8. The molecule has 0 spiro atoms. The Morgan fingerprint density at radius 1 is 1.31 bits per heavy atom. The van der Waals surface area contributed by atoms with Crippen molar-refractivity contribution in [2.45, 2.75) is 6.92 Å². The summed E-state index contributed by atoms with van der Waals surface area (Å²) >= 11 is 0. The van der Waals surface area contributed by atoms with Crippen LogP contribution in [-0.2, 0) is 0 Å². The molecule has 0 bridgehead atoms. The van der Waals surface area contributed by atoms with Crippen LogP contribution in [0.1, 0.15) is 5.56 Å². The Labute approximate surface area is 75.4 Å². The molecule has 1 heterocycles. The van der Waals surface area contributed by atoms with Crippen molar-refractivity contribution in [1.29, 1.82) is 0 Å². The molecule has 2 rings (SSSR count). The topological polar surface area (TPSA) is 28.7 Å². The zero-order valence-electron chi connectivity index (χ0n) is 7.21. The van der Waals surface area contributed by atoms with Crippen molar-refractivity contribution < 1.29 is 4.39 Å². The molecule has 0 saturated heterocycles. The summed E-state index contributed by atoms with van der Waals surface area (Å²) in [5.74, 6) is -0.208. The SMILES string of the molecule is Cc1cc(F)ccc1-c1ccn[nH]1. The van der Waals surface area contributed by atoms with E-state index in [-0.39, 0.29) is 5.82 Å². The summed E-state index contributed by atoms with van der Waals surface area (Å²) in [5.41, 5.74) is 2.81. The van der Waals surface area contributed by atoms with Gasteiger partial charge in [-0.05, 0) is 36.8 Å². The molecule has 0 aliphatic carbocycles. The molecule has 0 saturated carbocycles. The number of benzene rings is 1. The summed E-state index contributed by atoms with van der Waals surface area (Å²) in [6, 6.07) is 6.57. The number of hydrogen-bond acceptors (Lipinski definition) is 1. The van der Waals surface area contributed by atoms with Crippen LogP contribution >= 0.6 is 0 Å². The number of aromatic nitrogens is 2. The number of nitrogens with zero attached hydrogens (tertiary/aromatic N) is 1. The molecule has 1 N–H and O–H groups in total. The fourth-order valence-corrected chi connectivity index (χ4v) is 1.34. The molecular weight excluding hydrogens is 167 g/mol. The van der Waals surface area contributed by atoms with E-state index in [9.17, 15) is 4.39 Å². The highest BCUT2D eigenvalue weighted by atomic mass is 19.1. The first-order valence-electron chi connectivity index (χ1n) is 4.03. The highest BCUT2D eigenvalue weighted by molar-refractivity contribution is 5.62. The predicted molar refractivity (Wildman–Crippen MR) is 48.7 cm³/mol. The van der Waals surface area contributed by atoms with Crippen molar-refractivity contribution in [3.8, 4) is 11.3 Å². The van der Waals surface area contributed by atoms with Crippen LogP contribution in [0.3, 0.4) is 0 Å². The minimum Gasteiger partial charge on any atom is -0.278 e. The monoisotopic (exact) mass is 176 g/mol. The molecule has 1 aromatic carbocycles. The molecule has 0 amide bonds. The summed E-state index contributed by atoms with van der Waals surface area (Å²) in [4.78, 5) is 0. The second-order valence-electron chi connectivity index (χ2n) is 2.93. The number of aromatic amines is 1. The van der Waals surface area contributed by atoms with E-state index in [4.69, 9.17) is 0 Å². The summed E-state index contributed by atoms with van der Waals surface area (Å²) in [5, 5.41) is 6.68. The minimum absolute atomic E-state index is 0.208. The maximum Gasteiger partial charge on any atom is 0.123 e. The Morgan fingerprint density at radius 3 is 2.77 bits per heavy atom. The smallest absolute Gasteiger partial charge is 0.123 e. The van der Waals surface area contributed by atoms with Gasteiger partial charge in [-0.1, -0.05) is 0 Å². The van der Waals surface area contributed by atoms with Crippen LogP contribution in [0.2, 0.25) is 0 Å². The van der Waals surface area contributed by atoms with Crippen LogP contribution in [0.25, 0.3) is 11.3 Å². The van der Waals surface area contributed by atoms with Gasteiger partial charge in [0.1, 0.15) is 5.82 Å². The van der Waals surface area contributed by atoms with E-state index in [1.807, 2.05) is 13.0 Å². The van der Waals surface area contributed by atoms with Crippen molar-refractivity contribution >= 4 is 0 Å². The van der Waals surface area contributed by atoms with Gasteiger partial charge in [-0.15, -0.1) is 0 Å². The van der Waals surface area contributed by atoms with Gasteiger partial charge in [0.25, 0.3) is 0 Å². The maximum absolute atomic E-state index is 12.8. The van der Waals surface area contributed by atoms with Gasteiger partial charge in [0.05, 0.1) is 5.69 Å². The molecular formula is C10H9FN2. The van der Waals surface area contributed by atoms with E-state index in [2.05, 4.69) is 10.2 Å². The minimum atomic E-state index is -0.208. The lowest BCUT2D eigenvalue weighted by atomic mass is 10.1. The molecule has 0 aliphatic rings. The van der Waals surface area contributed by atoms with Crippen LogP contribution in [-0.4, -0.2) is 10.2 Å². The molecule has 66 valence electrons. The van der Waals surface area contributed by atoms with Crippen LogP contribution in [0.5, 0.6) is 0 Å². The molecule has 13 heavy (non-hydrogen) atoms. The average molecular weight is 176 g/mol. The van der Waals surface area contributed by atoms with Crippen molar-refractivity contribution in [3.05, 3.63) is 41.8 Å². The molecule has 2 aromatic rings. The zero-order valence-corrected chi connectivity index (χ0v) is 7.21. The number of nitrogens with one attached hydrogen (secondary N) is 1. The zero-order chi connectivity index (χ0) is 9.26. The van der Waals surface area contributed by atoms with Gasteiger partial charge >= 0.3 is 0 Å². The van der Waals surface area contributed by atoms with E-state index < -0.39 is 0 Å². The quantitative estimate of drug-likeness (QED) is 0.710. The normalized spacial score (nSPS) is 10.3. The Morgan fingerprint density at radius 2 is 2.15 bits per heavy atom. The molecule has 0 unspecified atom stereocenters. The van der Waals surface area contributed by atoms with Crippen LogP contribution in [0, 0.1) is 12.7 Å². The second-order valence-corrected chi connectivity index (χ2v) is 2.93. The Kier molecular flexibility index (Phi) is 1.85. The van der Waals surface area contributed by atoms with Crippen molar-refractivity contribution in [2.24, 2.45) is 0 Å². The summed E-state index contributed by atoms with van der Waals surface area (Å²) in [6.45, 7) is 1.87. The third kappa shape index (κ3) is 1.45. The first-order valence-corrected chi connectivity index (χ1v) is 4.03. The van der Waals surface area contributed by atoms with E-state index in [1.54, 1.807) is 12.3 Å². The van der Waals surface area contributed by atoms with Gasteiger partial charge < -0.3 is 0 Å². The van der Waals surface area contributed by atoms with Crippen LogP contribution in [0.4, 0.5) is 4.39 Å². The van der Waals surface area contributed by atoms with Gasteiger partial charge in [0, 0.05) is 11.8 Å². The van der Waals surface area contributed by atoms with Gasteiger partial charge in [-0.25, -0.2) is 4.39 Å². The lowest BCUT2D eigenvalue weighted by Crippen LogP contribution is -1.85. The molecule has 0 fully saturated rings. The average Bonchev–Trinajstić information content (AvgIpc) is 2.56. The predicted octanol–water partition coefficient (Wildman–Crippen LogP) is 2.52. The molecule has 1 aromatic heterocycles. The lowest BCUT2D eigenvalue weighted by Gasteiger charge is -2.01. The highest BCUT2D eigenvalue weighted by Crippen LogP contribution is 2.21. The number of hydrogen-bond donors (Lipinski definition) is 1. The first-order chi connectivity index (χ1) is 6.27. The number of rotatable bonds is 1. The van der Waals surface area contributed by atoms with E-state index in [0.717, 1.165) is 16.8 Å².